The molecule has 1 saturated carbocycles. The number of piperidine rings is 1. The molecule has 1 aliphatic carbocycles. The minimum atomic E-state index is -0.509. The van der Waals surface area contributed by atoms with E-state index in [2.05, 4.69) is 18.8 Å². The molecule has 0 radical (unpaired) electrons. The van der Waals surface area contributed by atoms with Crippen LogP contribution in [0.4, 0.5) is 4.79 Å². The van der Waals surface area contributed by atoms with E-state index >= 15 is 0 Å². The molecule has 2 aliphatic rings. The fourth-order valence-corrected chi connectivity index (χ4v) is 3.70. The molecular formula is C17H30N2O2. The van der Waals surface area contributed by atoms with Crippen LogP contribution in [0.5, 0.6) is 0 Å². The number of hydrogen-bond donors (Lipinski definition) is 2. The molecule has 0 aromatic heterocycles. The van der Waals surface area contributed by atoms with Gasteiger partial charge in [-0.25, -0.2) is 4.79 Å². The van der Waals surface area contributed by atoms with Crippen LogP contribution < -0.4 is 5.32 Å². The van der Waals surface area contributed by atoms with Gasteiger partial charge in [0.1, 0.15) is 0 Å². The molecule has 4 nitrogen and oxygen atoms in total. The lowest BCUT2D eigenvalue weighted by Crippen LogP contribution is -2.57. The minimum Gasteiger partial charge on any atom is -0.389 e. The summed E-state index contributed by atoms with van der Waals surface area (Å²) in [7, 11) is 0. The maximum atomic E-state index is 12.3. The van der Waals surface area contributed by atoms with Gasteiger partial charge in [-0.15, -0.1) is 6.58 Å². The topological polar surface area (TPSA) is 52.6 Å². The molecule has 0 aromatic rings. The highest BCUT2D eigenvalue weighted by molar-refractivity contribution is 5.74. The van der Waals surface area contributed by atoms with E-state index in [1.165, 1.54) is 6.42 Å². The van der Waals surface area contributed by atoms with Gasteiger partial charge in [-0.2, -0.15) is 0 Å². The Labute approximate surface area is 128 Å². The Kier molecular flexibility index (Phi) is 5.68. The van der Waals surface area contributed by atoms with E-state index in [4.69, 9.17) is 0 Å². The standard InChI is InChI=1S/C17H30N2O2/c1-3-4-5-8-14(2)18-16(20)19-12-11-17(21)10-7-6-9-15(17)13-19/h3,14-15,21H,1,4-13H2,2H3,(H,18,20). The molecule has 3 unspecified atom stereocenters. The van der Waals surface area contributed by atoms with Crippen LogP contribution in [0.1, 0.15) is 58.3 Å². The van der Waals surface area contributed by atoms with Gasteiger partial charge in [0.2, 0.25) is 0 Å². The van der Waals surface area contributed by atoms with Crippen molar-refractivity contribution in [1.29, 1.82) is 0 Å². The highest BCUT2D eigenvalue weighted by atomic mass is 16.3. The lowest BCUT2D eigenvalue weighted by molar-refractivity contribution is -0.0871. The molecule has 1 saturated heterocycles. The lowest BCUT2D eigenvalue weighted by atomic mass is 9.71. The number of fused-ring (bicyclic) bond motifs is 1. The number of hydrogen-bond acceptors (Lipinski definition) is 2. The third-order valence-corrected chi connectivity index (χ3v) is 5.13. The largest absolute Gasteiger partial charge is 0.389 e. The summed E-state index contributed by atoms with van der Waals surface area (Å²) in [4.78, 5) is 14.2. The van der Waals surface area contributed by atoms with E-state index in [1.807, 2.05) is 11.0 Å². The number of nitrogens with zero attached hydrogens (tertiary/aromatic N) is 1. The molecule has 0 aromatic carbocycles. The first-order chi connectivity index (χ1) is 10.0. The van der Waals surface area contributed by atoms with Gasteiger partial charge in [0, 0.05) is 25.0 Å². The van der Waals surface area contributed by atoms with Crippen molar-refractivity contribution < 1.29 is 9.90 Å². The predicted octanol–water partition coefficient (Wildman–Crippen LogP) is 3.07. The zero-order valence-corrected chi connectivity index (χ0v) is 13.3. The molecule has 21 heavy (non-hydrogen) atoms. The van der Waals surface area contributed by atoms with Gasteiger partial charge in [-0.05, 0) is 45.4 Å². The molecule has 1 aliphatic heterocycles. The average molecular weight is 294 g/mol. The van der Waals surface area contributed by atoms with E-state index in [0.29, 0.717) is 13.1 Å². The lowest BCUT2D eigenvalue weighted by Gasteiger charge is -2.47. The third-order valence-electron chi connectivity index (χ3n) is 5.13. The fraction of sp³-hybridized carbons (Fsp3) is 0.824. The number of allylic oxidation sites excluding steroid dienone is 1. The molecule has 2 N–H and O–H groups in total. The molecule has 4 heteroatoms. The van der Waals surface area contributed by atoms with Crippen LogP contribution in [0, 0.1) is 5.92 Å². The van der Waals surface area contributed by atoms with Crippen molar-refractivity contribution in [2.45, 2.75) is 69.9 Å². The molecule has 0 bridgehead atoms. The van der Waals surface area contributed by atoms with Crippen molar-refractivity contribution >= 4 is 6.03 Å². The summed E-state index contributed by atoms with van der Waals surface area (Å²) in [5.41, 5.74) is -0.509. The number of amides is 2. The first-order valence-electron chi connectivity index (χ1n) is 8.44. The number of likely N-dealkylation sites (tertiary alicyclic amines) is 1. The number of unbranched alkanes of at least 4 members (excludes halogenated alkanes) is 1. The quantitative estimate of drug-likeness (QED) is 0.605. The van der Waals surface area contributed by atoms with Crippen LogP contribution in [-0.4, -0.2) is 40.8 Å². The molecule has 1 heterocycles. The summed E-state index contributed by atoms with van der Waals surface area (Å²) < 4.78 is 0. The zero-order chi connectivity index (χ0) is 15.3. The van der Waals surface area contributed by atoms with Gasteiger partial charge in [-0.3, -0.25) is 0 Å². The minimum absolute atomic E-state index is 0.0359. The summed E-state index contributed by atoms with van der Waals surface area (Å²) in [6.45, 7) is 7.16. The van der Waals surface area contributed by atoms with Crippen molar-refractivity contribution in [3.05, 3.63) is 12.7 Å². The van der Waals surface area contributed by atoms with E-state index < -0.39 is 5.60 Å². The van der Waals surface area contributed by atoms with Crippen molar-refractivity contribution in [1.82, 2.24) is 10.2 Å². The van der Waals surface area contributed by atoms with Crippen LogP contribution >= 0.6 is 0 Å². The highest BCUT2D eigenvalue weighted by Gasteiger charge is 2.43. The molecule has 0 spiro atoms. The monoisotopic (exact) mass is 294 g/mol. The number of rotatable bonds is 5. The second kappa shape index (κ2) is 7.30. The van der Waals surface area contributed by atoms with Crippen molar-refractivity contribution in [3.63, 3.8) is 0 Å². The molecule has 2 amide bonds. The summed E-state index contributed by atoms with van der Waals surface area (Å²) >= 11 is 0. The second-order valence-corrected chi connectivity index (χ2v) is 6.81. The van der Waals surface area contributed by atoms with Gasteiger partial charge in [0.15, 0.2) is 0 Å². The van der Waals surface area contributed by atoms with Gasteiger partial charge >= 0.3 is 6.03 Å². The first-order valence-corrected chi connectivity index (χ1v) is 8.44. The first kappa shape index (κ1) is 16.3. The normalized spacial score (nSPS) is 30.4. The Morgan fingerprint density at radius 3 is 3.10 bits per heavy atom. The number of aliphatic hydroxyl groups is 1. The van der Waals surface area contributed by atoms with Crippen LogP contribution in [0.25, 0.3) is 0 Å². The Morgan fingerprint density at radius 2 is 2.33 bits per heavy atom. The summed E-state index contributed by atoms with van der Waals surface area (Å²) in [6.07, 6.45) is 9.96. The van der Waals surface area contributed by atoms with E-state index in [-0.39, 0.29) is 18.0 Å². The smallest absolute Gasteiger partial charge is 0.317 e. The molecule has 120 valence electrons. The van der Waals surface area contributed by atoms with Crippen molar-refractivity contribution in [3.8, 4) is 0 Å². The summed E-state index contributed by atoms with van der Waals surface area (Å²) in [5.74, 6) is 0.266. The third kappa shape index (κ3) is 4.22. The summed E-state index contributed by atoms with van der Waals surface area (Å²) in [5, 5.41) is 13.7. The van der Waals surface area contributed by atoms with Crippen LogP contribution in [0.15, 0.2) is 12.7 Å². The van der Waals surface area contributed by atoms with E-state index in [1.54, 1.807) is 0 Å². The Bertz CT molecular complexity index is 372. The number of carbonyl (C=O) groups excluding carboxylic acids is 1. The number of carbonyl (C=O) groups is 1. The van der Waals surface area contributed by atoms with E-state index in [0.717, 1.165) is 44.9 Å². The molecule has 3 atom stereocenters. The average Bonchev–Trinajstić information content (AvgIpc) is 2.46. The van der Waals surface area contributed by atoms with E-state index in [9.17, 15) is 9.90 Å². The Hall–Kier alpha value is -1.03. The second-order valence-electron chi connectivity index (χ2n) is 6.81. The molecular weight excluding hydrogens is 264 g/mol. The number of urea groups is 1. The van der Waals surface area contributed by atoms with Crippen LogP contribution in [-0.2, 0) is 0 Å². The number of nitrogens with one attached hydrogen (secondary N) is 1. The van der Waals surface area contributed by atoms with Gasteiger partial charge in [-0.1, -0.05) is 18.9 Å². The Balaban J connectivity index is 1.79. The van der Waals surface area contributed by atoms with Crippen LogP contribution in [0.3, 0.4) is 0 Å². The zero-order valence-electron chi connectivity index (χ0n) is 13.3. The maximum absolute atomic E-state index is 12.3. The fourth-order valence-electron chi connectivity index (χ4n) is 3.70. The highest BCUT2D eigenvalue weighted by Crippen LogP contribution is 2.39. The van der Waals surface area contributed by atoms with Crippen LogP contribution in [0.2, 0.25) is 0 Å². The summed E-state index contributed by atoms with van der Waals surface area (Å²) in [6, 6.07) is 0.235. The Morgan fingerprint density at radius 1 is 1.52 bits per heavy atom. The van der Waals surface area contributed by atoms with Crippen molar-refractivity contribution in [2.24, 2.45) is 5.92 Å². The predicted molar refractivity (Wildman–Crippen MR) is 85.1 cm³/mol. The molecule has 2 rings (SSSR count). The van der Waals surface area contributed by atoms with Gasteiger partial charge < -0.3 is 15.3 Å². The maximum Gasteiger partial charge on any atom is 0.317 e. The molecule has 2 fully saturated rings. The van der Waals surface area contributed by atoms with Gasteiger partial charge in [0.05, 0.1) is 5.60 Å². The van der Waals surface area contributed by atoms with Crippen molar-refractivity contribution in [2.75, 3.05) is 13.1 Å². The van der Waals surface area contributed by atoms with Gasteiger partial charge in [0.25, 0.3) is 0 Å². The SMILES string of the molecule is C=CCCCC(C)NC(=O)N1CCC2(O)CCCCC2C1.